The third-order valence-electron chi connectivity index (χ3n) is 2.81. The number of nitrogen functional groups attached to an aromatic ring is 1. The molecule has 2 rings (SSSR count). The van der Waals surface area contributed by atoms with Crippen LogP contribution in [0.25, 0.3) is 0 Å². The van der Waals surface area contributed by atoms with Gasteiger partial charge in [0.1, 0.15) is 5.82 Å². The summed E-state index contributed by atoms with van der Waals surface area (Å²) < 4.78 is 1.38. The summed E-state index contributed by atoms with van der Waals surface area (Å²) in [6, 6.07) is 7.65. The minimum absolute atomic E-state index is 0.0977. The Balaban J connectivity index is 1.98. The molecule has 6 nitrogen and oxygen atoms in total. The molecule has 0 unspecified atom stereocenters. The Hall–Kier alpha value is -2.02. The monoisotopic (exact) mass is 291 g/mol. The zero-order valence-electron chi connectivity index (χ0n) is 11.6. The third-order valence-corrected chi connectivity index (χ3v) is 3.86. The van der Waals surface area contributed by atoms with Crippen molar-refractivity contribution in [2.24, 2.45) is 0 Å². The van der Waals surface area contributed by atoms with Gasteiger partial charge in [-0.1, -0.05) is 29.5 Å². The van der Waals surface area contributed by atoms with Crippen LogP contribution in [0, 0.1) is 13.8 Å². The van der Waals surface area contributed by atoms with Gasteiger partial charge in [-0.2, -0.15) is 0 Å². The van der Waals surface area contributed by atoms with Crippen molar-refractivity contribution in [2.75, 3.05) is 11.2 Å². The minimum Gasteiger partial charge on any atom is -0.336 e. The quantitative estimate of drug-likeness (QED) is 0.662. The van der Waals surface area contributed by atoms with E-state index in [1.54, 1.807) is 13.8 Å². The zero-order chi connectivity index (χ0) is 14.7. The summed E-state index contributed by atoms with van der Waals surface area (Å²) in [5, 5.41) is 10.8. The van der Waals surface area contributed by atoms with Gasteiger partial charge in [-0.3, -0.25) is 4.79 Å². The van der Waals surface area contributed by atoms with Gasteiger partial charge in [-0.15, -0.1) is 10.2 Å². The summed E-state index contributed by atoms with van der Waals surface area (Å²) in [4.78, 5) is 12.1. The number of hydrogen-bond donors (Lipinski definition) is 2. The number of rotatable bonds is 4. The normalized spacial score (nSPS) is 12.2. The number of amides is 1. The summed E-state index contributed by atoms with van der Waals surface area (Å²) in [7, 11) is 0. The molecule has 1 amide bonds. The molecular weight excluding hydrogens is 274 g/mol. The fourth-order valence-corrected chi connectivity index (χ4v) is 2.34. The summed E-state index contributed by atoms with van der Waals surface area (Å²) in [6.45, 7) is 5.56. The predicted octanol–water partition coefficient (Wildman–Crippen LogP) is 1.73. The molecule has 1 aromatic heterocycles. The number of aryl methyl sites for hydroxylation is 2. The van der Waals surface area contributed by atoms with Crippen LogP contribution >= 0.6 is 11.8 Å². The Labute approximate surface area is 121 Å². The molecule has 3 N–H and O–H groups in total. The predicted molar refractivity (Wildman–Crippen MR) is 80.0 cm³/mol. The summed E-state index contributed by atoms with van der Waals surface area (Å²) in [6.07, 6.45) is 0. The number of anilines is 1. The molecule has 0 saturated heterocycles. The van der Waals surface area contributed by atoms with Crippen LogP contribution in [0.1, 0.15) is 18.3 Å². The Morgan fingerprint density at radius 3 is 2.50 bits per heavy atom. The average molecular weight is 291 g/mol. The highest BCUT2D eigenvalue weighted by Crippen LogP contribution is 2.21. The van der Waals surface area contributed by atoms with Crippen LogP contribution in [-0.2, 0) is 4.79 Å². The number of carbonyl (C=O) groups is 1. The van der Waals surface area contributed by atoms with E-state index in [0.29, 0.717) is 11.0 Å². The Bertz CT molecular complexity index is 608. The van der Waals surface area contributed by atoms with E-state index in [1.165, 1.54) is 16.4 Å². The maximum atomic E-state index is 12.1. The fourth-order valence-electron chi connectivity index (χ4n) is 1.52. The van der Waals surface area contributed by atoms with E-state index in [4.69, 9.17) is 5.84 Å². The van der Waals surface area contributed by atoms with Gasteiger partial charge in [0.05, 0.1) is 5.25 Å². The smallest absolute Gasteiger partial charge is 0.237 e. The number of nitrogens with zero attached hydrogens (tertiary/aromatic N) is 3. The molecule has 20 heavy (non-hydrogen) atoms. The average Bonchev–Trinajstić information content (AvgIpc) is 2.73. The number of benzene rings is 1. The van der Waals surface area contributed by atoms with Crippen molar-refractivity contribution in [3.63, 3.8) is 0 Å². The standard InChI is InChI=1S/C13H17N5OS/c1-8-4-6-11(7-5-8)15-12(19)9(2)20-13-17-16-10(3)18(13)14/h4-7,9H,14H2,1-3H3,(H,15,19)/t9-/m0/s1. The van der Waals surface area contributed by atoms with Crippen LogP contribution in [0.5, 0.6) is 0 Å². The van der Waals surface area contributed by atoms with Gasteiger partial charge in [-0.05, 0) is 32.9 Å². The molecule has 1 heterocycles. The van der Waals surface area contributed by atoms with E-state index in [0.717, 1.165) is 11.3 Å². The van der Waals surface area contributed by atoms with E-state index in [2.05, 4.69) is 15.5 Å². The van der Waals surface area contributed by atoms with Crippen molar-refractivity contribution in [3.05, 3.63) is 35.7 Å². The highest BCUT2D eigenvalue weighted by atomic mass is 32.2. The van der Waals surface area contributed by atoms with Crippen LogP contribution in [0.2, 0.25) is 0 Å². The second kappa shape index (κ2) is 5.96. The number of thioether (sulfide) groups is 1. The molecule has 0 fully saturated rings. The SMILES string of the molecule is Cc1ccc(NC(=O)[C@H](C)Sc2nnc(C)n2N)cc1. The molecule has 106 valence electrons. The molecule has 0 saturated carbocycles. The first-order chi connectivity index (χ1) is 9.47. The largest absolute Gasteiger partial charge is 0.336 e. The fraction of sp³-hybridized carbons (Fsp3) is 0.308. The molecule has 1 atom stereocenters. The van der Waals surface area contributed by atoms with Gasteiger partial charge < -0.3 is 11.2 Å². The lowest BCUT2D eigenvalue weighted by molar-refractivity contribution is -0.115. The van der Waals surface area contributed by atoms with Gasteiger partial charge in [0.25, 0.3) is 0 Å². The highest BCUT2D eigenvalue weighted by Gasteiger charge is 2.18. The lowest BCUT2D eigenvalue weighted by Crippen LogP contribution is -2.23. The lowest BCUT2D eigenvalue weighted by atomic mass is 10.2. The van der Waals surface area contributed by atoms with Crippen LogP contribution in [0.3, 0.4) is 0 Å². The molecule has 0 aliphatic carbocycles. The molecule has 1 aromatic carbocycles. The number of nitrogens with two attached hydrogens (primary N) is 1. The van der Waals surface area contributed by atoms with Crippen LogP contribution in [0.4, 0.5) is 5.69 Å². The molecule has 0 aliphatic rings. The summed E-state index contributed by atoms with van der Waals surface area (Å²) >= 11 is 1.27. The lowest BCUT2D eigenvalue weighted by Gasteiger charge is -2.11. The summed E-state index contributed by atoms with van der Waals surface area (Å²) in [5.74, 6) is 6.27. The topological polar surface area (TPSA) is 85.8 Å². The van der Waals surface area contributed by atoms with Gasteiger partial charge in [-0.25, -0.2) is 4.68 Å². The molecule has 0 bridgehead atoms. The van der Waals surface area contributed by atoms with Crippen molar-refractivity contribution in [1.29, 1.82) is 0 Å². The second-order valence-corrected chi connectivity index (χ2v) is 5.82. The number of aromatic nitrogens is 3. The maximum Gasteiger partial charge on any atom is 0.237 e. The van der Waals surface area contributed by atoms with Gasteiger partial charge in [0.2, 0.25) is 11.1 Å². The van der Waals surface area contributed by atoms with Crippen LogP contribution < -0.4 is 11.2 Å². The first-order valence-electron chi connectivity index (χ1n) is 6.18. The van der Waals surface area contributed by atoms with E-state index in [1.807, 2.05) is 31.2 Å². The van der Waals surface area contributed by atoms with E-state index >= 15 is 0 Å². The number of hydrogen-bond acceptors (Lipinski definition) is 5. The first-order valence-corrected chi connectivity index (χ1v) is 7.06. The molecule has 0 radical (unpaired) electrons. The van der Waals surface area contributed by atoms with E-state index in [9.17, 15) is 4.79 Å². The van der Waals surface area contributed by atoms with Gasteiger partial charge in [0, 0.05) is 5.69 Å². The zero-order valence-corrected chi connectivity index (χ0v) is 12.4. The molecule has 7 heteroatoms. The van der Waals surface area contributed by atoms with Crippen molar-refractivity contribution >= 4 is 23.4 Å². The molecule has 0 spiro atoms. The van der Waals surface area contributed by atoms with Crippen LogP contribution in [-0.4, -0.2) is 26.0 Å². The van der Waals surface area contributed by atoms with Gasteiger partial charge in [0.15, 0.2) is 0 Å². The van der Waals surface area contributed by atoms with Crippen molar-refractivity contribution in [3.8, 4) is 0 Å². The minimum atomic E-state index is -0.317. The maximum absolute atomic E-state index is 12.1. The Morgan fingerprint density at radius 2 is 1.95 bits per heavy atom. The summed E-state index contributed by atoms with van der Waals surface area (Å²) in [5.41, 5.74) is 1.93. The highest BCUT2D eigenvalue weighted by molar-refractivity contribution is 8.00. The van der Waals surface area contributed by atoms with Gasteiger partial charge >= 0.3 is 0 Å². The Morgan fingerprint density at radius 1 is 1.30 bits per heavy atom. The number of nitrogens with one attached hydrogen (secondary N) is 1. The first kappa shape index (κ1) is 14.4. The molecule has 2 aromatic rings. The van der Waals surface area contributed by atoms with E-state index < -0.39 is 0 Å². The van der Waals surface area contributed by atoms with Crippen LogP contribution in [0.15, 0.2) is 29.4 Å². The second-order valence-electron chi connectivity index (χ2n) is 4.52. The molecule has 0 aliphatic heterocycles. The number of carbonyl (C=O) groups excluding carboxylic acids is 1. The van der Waals surface area contributed by atoms with Crippen molar-refractivity contribution in [1.82, 2.24) is 14.9 Å². The van der Waals surface area contributed by atoms with Crippen molar-refractivity contribution in [2.45, 2.75) is 31.2 Å². The third kappa shape index (κ3) is 3.30. The molecular formula is C13H17N5OS. The van der Waals surface area contributed by atoms with E-state index in [-0.39, 0.29) is 11.2 Å². The van der Waals surface area contributed by atoms with Crippen molar-refractivity contribution < 1.29 is 4.79 Å². The Kier molecular flexibility index (Phi) is 4.29.